The number of aryl methyl sites for hydroxylation is 1. The molecule has 26 heavy (non-hydrogen) atoms. The van der Waals surface area contributed by atoms with Crippen LogP contribution in [0.1, 0.15) is 63.8 Å². The van der Waals surface area contributed by atoms with Gasteiger partial charge in [-0.05, 0) is 51.7 Å². The molecule has 1 aromatic carbocycles. The minimum atomic E-state index is -1.12. The lowest BCUT2D eigenvalue weighted by atomic mass is 9.99. The number of aliphatic hydroxyl groups excluding tert-OH is 1. The van der Waals surface area contributed by atoms with E-state index in [1.165, 1.54) is 10.4 Å². The molecule has 0 spiro atoms. The zero-order valence-electron chi connectivity index (χ0n) is 16.1. The lowest BCUT2D eigenvalue weighted by molar-refractivity contribution is 0.281. The summed E-state index contributed by atoms with van der Waals surface area (Å²) in [5, 5.41) is 8.98. The van der Waals surface area contributed by atoms with Gasteiger partial charge in [0, 0.05) is 18.0 Å². The highest BCUT2D eigenvalue weighted by molar-refractivity contribution is 7.90. The molecule has 1 heterocycles. The molecule has 2 aromatic rings. The minimum Gasteiger partial charge on any atom is -0.598 e. The third-order valence-electron chi connectivity index (χ3n) is 4.28. The molecule has 1 aromatic heterocycles. The first-order chi connectivity index (χ1) is 12.3. The van der Waals surface area contributed by atoms with Gasteiger partial charge in [-0.1, -0.05) is 37.1 Å². The molecule has 2 atom stereocenters. The maximum atomic E-state index is 12.6. The van der Waals surface area contributed by atoms with E-state index in [-0.39, 0.29) is 17.4 Å². The Labute approximate surface area is 164 Å². The normalized spacial score (nSPS) is 14.4. The summed E-state index contributed by atoms with van der Waals surface area (Å²) < 4.78 is 15.6. The summed E-state index contributed by atoms with van der Waals surface area (Å²) in [7, 11) is 0. The molecule has 0 amide bonds. The van der Waals surface area contributed by atoms with Crippen molar-refractivity contribution in [2.45, 2.75) is 64.2 Å². The molecule has 0 aliphatic heterocycles. The standard InChI is InChI=1S/C20H30N2O2S2/c1-15-19(25-14-21-15)17-11-9-16(10-12-17)18(8-6-5-7-13-23)22-26(24)20(2,3)4/h9-12,14,18,22-23H,5-8,13H2,1-4H3/t18-,26?/m0/s1. The van der Waals surface area contributed by atoms with E-state index < -0.39 is 11.4 Å². The van der Waals surface area contributed by atoms with E-state index in [9.17, 15) is 4.55 Å². The summed E-state index contributed by atoms with van der Waals surface area (Å²) in [6.07, 6.45) is 3.70. The molecule has 1 unspecified atom stereocenters. The lowest BCUT2D eigenvalue weighted by Crippen LogP contribution is -2.41. The van der Waals surface area contributed by atoms with Crippen LogP contribution >= 0.6 is 11.3 Å². The molecule has 144 valence electrons. The molecular weight excluding hydrogens is 364 g/mol. The zero-order valence-corrected chi connectivity index (χ0v) is 17.8. The van der Waals surface area contributed by atoms with Gasteiger partial charge in [-0.3, -0.25) is 0 Å². The Hall–Kier alpha value is -0.920. The third-order valence-corrected chi connectivity index (χ3v) is 6.87. The molecule has 0 saturated carbocycles. The molecular formula is C20H30N2O2S2. The first-order valence-corrected chi connectivity index (χ1v) is 11.1. The van der Waals surface area contributed by atoms with Gasteiger partial charge in [-0.2, -0.15) is 0 Å². The van der Waals surface area contributed by atoms with Crippen molar-refractivity contribution in [2.24, 2.45) is 0 Å². The van der Waals surface area contributed by atoms with Gasteiger partial charge >= 0.3 is 0 Å². The van der Waals surface area contributed by atoms with E-state index in [1.807, 2.05) is 33.2 Å². The van der Waals surface area contributed by atoms with Crippen LogP contribution in [0.2, 0.25) is 0 Å². The van der Waals surface area contributed by atoms with E-state index in [2.05, 4.69) is 34.0 Å². The SMILES string of the molecule is Cc1ncsc1-c1ccc([C@H](CCCCCO)N[S+]([O-])C(C)(C)C)cc1. The zero-order chi connectivity index (χ0) is 19.2. The van der Waals surface area contributed by atoms with Crippen LogP contribution in [0, 0.1) is 6.92 Å². The first-order valence-electron chi connectivity index (χ1n) is 9.12. The highest BCUT2D eigenvalue weighted by Gasteiger charge is 2.29. The van der Waals surface area contributed by atoms with Gasteiger partial charge in [0.05, 0.1) is 22.1 Å². The van der Waals surface area contributed by atoms with Gasteiger partial charge in [-0.15, -0.1) is 16.1 Å². The second-order valence-corrected chi connectivity index (χ2v) is 10.4. The van der Waals surface area contributed by atoms with Crippen molar-refractivity contribution in [2.75, 3.05) is 6.61 Å². The van der Waals surface area contributed by atoms with Crippen LogP contribution in [0.25, 0.3) is 10.4 Å². The predicted molar refractivity (Wildman–Crippen MR) is 112 cm³/mol. The number of thiazole rings is 1. The number of nitrogens with one attached hydrogen (secondary N) is 1. The van der Waals surface area contributed by atoms with Crippen molar-refractivity contribution in [3.8, 4) is 10.4 Å². The number of aromatic nitrogens is 1. The Balaban J connectivity index is 2.13. The fourth-order valence-corrected chi connectivity index (χ4v) is 4.36. The summed E-state index contributed by atoms with van der Waals surface area (Å²) >= 11 is 0.530. The molecule has 0 aliphatic rings. The summed E-state index contributed by atoms with van der Waals surface area (Å²) in [5.41, 5.74) is 5.24. The Morgan fingerprint density at radius 2 is 1.88 bits per heavy atom. The van der Waals surface area contributed by atoms with E-state index in [4.69, 9.17) is 5.11 Å². The molecule has 0 radical (unpaired) electrons. The molecule has 0 bridgehead atoms. The lowest BCUT2D eigenvalue weighted by Gasteiger charge is -2.28. The number of hydrogen-bond acceptors (Lipinski definition) is 5. The number of benzene rings is 1. The maximum Gasteiger partial charge on any atom is 0.136 e. The Kier molecular flexibility index (Phi) is 8.10. The number of aliphatic hydroxyl groups is 1. The van der Waals surface area contributed by atoms with Crippen LogP contribution in [0.3, 0.4) is 0 Å². The van der Waals surface area contributed by atoms with Gasteiger partial charge in [-0.25, -0.2) is 4.98 Å². The van der Waals surface area contributed by atoms with E-state index in [0.29, 0.717) is 0 Å². The molecule has 6 heteroatoms. The number of unbranched alkanes of at least 4 members (excludes halogenated alkanes) is 2. The number of rotatable bonds is 9. The highest BCUT2D eigenvalue weighted by Crippen LogP contribution is 2.30. The van der Waals surface area contributed by atoms with E-state index >= 15 is 0 Å². The van der Waals surface area contributed by atoms with Gasteiger partial charge in [0.2, 0.25) is 0 Å². The third kappa shape index (κ3) is 6.06. The predicted octanol–water partition coefficient (Wildman–Crippen LogP) is 4.76. The number of hydrogen-bond donors (Lipinski definition) is 2. The molecule has 2 N–H and O–H groups in total. The van der Waals surface area contributed by atoms with Crippen molar-refractivity contribution in [3.05, 3.63) is 41.0 Å². The van der Waals surface area contributed by atoms with Crippen molar-refractivity contribution >= 4 is 22.7 Å². The summed E-state index contributed by atoms with van der Waals surface area (Å²) in [5.74, 6) is 0. The second kappa shape index (κ2) is 9.85. The topological polar surface area (TPSA) is 68.2 Å². The Bertz CT molecular complexity index is 665. The summed E-state index contributed by atoms with van der Waals surface area (Å²) in [6.45, 7) is 8.20. The smallest absolute Gasteiger partial charge is 0.136 e. The fourth-order valence-electron chi connectivity index (χ4n) is 2.68. The van der Waals surface area contributed by atoms with Crippen molar-refractivity contribution in [1.29, 1.82) is 0 Å². The molecule has 0 fully saturated rings. The van der Waals surface area contributed by atoms with Gasteiger partial charge < -0.3 is 9.66 Å². The van der Waals surface area contributed by atoms with Crippen LogP contribution in [0.15, 0.2) is 29.8 Å². The van der Waals surface area contributed by atoms with E-state index in [0.717, 1.165) is 36.9 Å². The monoisotopic (exact) mass is 394 g/mol. The van der Waals surface area contributed by atoms with E-state index in [1.54, 1.807) is 11.3 Å². The average molecular weight is 395 g/mol. The van der Waals surface area contributed by atoms with Gasteiger partial charge in [0.25, 0.3) is 0 Å². The van der Waals surface area contributed by atoms with Gasteiger partial charge in [0.15, 0.2) is 0 Å². The van der Waals surface area contributed by atoms with Crippen molar-refractivity contribution < 1.29 is 9.66 Å². The molecule has 4 nitrogen and oxygen atoms in total. The van der Waals surface area contributed by atoms with Crippen LogP contribution < -0.4 is 4.72 Å². The summed E-state index contributed by atoms with van der Waals surface area (Å²) in [4.78, 5) is 5.52. The van der Waals surface area contributed by atoms with Crippen molar-refractivity contribution in [3.63, 3.8) is 0 Å². The molecule has 0 saturated heterocycles. The van der Waals surface area contributed by atoms with Crippen LogP contribution in [0.5, 0.6) is 0 Å². The second-order valence-electron chi connectivity index (χ2n) is 7.51. The Morgan fingerprint density at radius 3 is 2.42 bits per heavy atom. The molecule has 0 aliphatic carbocycles. The first kappa shape index (κ1) is 21.4. The minimum absolute atomic E-state index is 0.0466. The summed E-state index contributed by atoms with van der Waals surface area (Å²) in [6, 6.07) is 8.54. The fraction of sp³-hybridized carbons (Fsp3) is 0.550. The van der Waals surface area contributed by atoms with Crippen LogP contribution in [-0.4, -0.2) is 26.0 Å². The van der Waals surface area contributed by atoms with Crippen LogP contribution in [0.4, 0.5) is 0 Å². The molecule has 2 rings (SSSR count). The average Bonchev–Trinajstić information content (AvgIpc) is 3.03. The largest absolute Gasteiger partial charge is 0.598 e. The maximum absolute atomic E-state index is 12.6. The highest BCUT2D eigenvalue weighted by atomic mass is 32.2. The Morgan fingerprint density at radius 1 is 1.19 bits per heavy atom. The van der Waals surface area contributed by atoms with Crippen LogP contribution in [-0.2, 0) is 11.4 Å². The van der Waals surface area contributed by atoms with Crippen molar-refractivity contribution in [1.82, 2.24) is 9.71 Å². The van der Waals surface area contributed by atoms with Gasteiger partial charge in [0.1, 0.15) is 4.75 Å². The quantitative estimate of drug-likeness (QED) is 0.475. The number of nitrogens with zero attached hydrogens (tertiary/aromatic N) is 1.